The molecule has 0 fully saturated rings. The molecule has 0 radical (unpaired) electrons. The summed E-state index contributed by atoms with van der Waals surface area (Å²) in [6.45, 7) is 3.62. The van der Waals surface area contributed by atoms with Crippen LogP contribution in [0, 0.1) is 0 Å². The first-order valence-corrected chi connectivity index (χ1v) is 6.45. The Hall–Kier alpha value is -1.88. The van der Waals surface area contributed by atoms with Gasteiger partial charge in [-0.2, -0.15) is 0 Å². The predicted octanol–water partition coefficient (Wildman–Crippen LogP) is 1.97. The lowest BCUT2D eigenvalue weighted by atomic mass is 10.2. The topological polar surface area (TPSA) is 52.0 Å². The number of pyridine rings is 1. The minimum absolute atomic E-state index is 0.240. The fourth-order valence-electron chi connectivity index (χ4n) is 1.94. The Bertz CT molecular complexity index is 483. The van der Waals surface area contributed by atoms with Crippen molar-refractivity contribution in [3.8, 4) is 0 Å². The number of aromatic nitrogens is 3. The summed E-state index contributed by atoms with van der Waals surface area (Å²) in [6.07, 6.45) is 8.43. The summed E-state index contributed by atoms with van der Waals surface area (Å²) in [7, 11) is 1.70. The van der Waals surface area contributed by atoms with Gasteiger partial charge in [-0.25, -0.2) is 4.98 Å². The number of nitrogens with zero attached hydrogens (tertiary/aromatic N) is 3. The van der Waals surface area contributed by atoms with Crippen LogP contribution >= 0.6 is 0 Å². The first-order valence-electron chi connectivity index (χ1n) is 6.45. The molecule has 19 heavy (non-hydrogen) atoms. The molecule has 1 atom stereocenters. The molecule has 0 saturated heterocycles. The van der Waals surface area contributed by atoms with E-state index in [1.54, 1.807) is 13.3 Å². The first-order chi connectivity index (χ1) is 9.29. The zero-order valence-electron chi connectivity index (χ0n) is 11.4. The average Bonchev–Trinajstić information content (AvgIpc) is 2.85. The maximum absolute atomic E-state index is 5.11. The van der Waals surface area contributed by atoms with Crippen LogP contribution in [-0.4, -0.2) is 34.3 Å². The van der Waals surface area contributed by atoms with E-state index < -0.39 is 0 Å². The monoisotopic (exact) mass is 260 g/mol. The zero-order chi connectivity index (χ0) is 13.5. The Labute approximate surface area is 113 Å². The molecular formula is C14H20N4O. The minimum atomic E-state index is 0.240. The number of ether oxygens (including phenoxy) is 1. The van der Waals surface area contributed by atoms with Gasteiger partial charge in [0.1, 0.15) is 0 Å². The van der Waals surface area contributed by atoms with Crippen LogP contribution in [0.25, 0.3) is 0 Å². The van der Waals surface area contributed by atoms with Gasteiger partial charge in [-0.3, -0.25) is 4.98 Å². The summed E-state index contributed by atoms with van der Waals surface area (Å²) >= 11 is 0. The second-order valence-corrected chi connectivity index (χ2v) is 4.56. The van der Waals surface area contributed by atoms with Gasteiger partial charge in [0.15, 0.2) is 0 Å². The van der Waals surface area contributed by atoms with E-state index in [0.717, 1.165) is 18.9 Å². The molecule has 5 nitrogen and oxygen atoms in total. The fourth-order valence-corrected chi connectivity index (χ4v) is 1.94. The van der Waals surface area contributed by atoms with E-state index in [0.29, 0.717) is 6.61 Å². The van der Waals surface area contributed by atoms with E-state index >= 15 is 0 Å². The highest BCUT2D eigenvalue weighted by molar-refractivity contribution is 5.27. The third-order valence-corrected chi connectivity index (χ3v) is 2.87. The quantitative estimate of drug-likeness (QED) is 0.827. The molecule has 0 bridgehead atoms. The smallest absolute Gasteiger partial charge is 0.203 e. The van der Waals surface area contributed by atoms with Crippen molar-refractivity contribution < 1.29 is 4.74 Å². The molecule has 0 spiro atoms. The second-order valence-electron chi connectivity index (χ2n) is 4.56. The van der Waals surface area contributed by atoms with Crippen molar-refractivity contribution in [1.29, 1.82) is 0 Å². The largest absolute Gasteiger partial charge is 0.383 e. The summed E-state index contributed by atoms with van der Waals surface area (Å²) in [6, 6.07) is 4.29. The summed E-state index contributed by atoms with van der Waals surface area (Å²) in [5.41, 5.74) is 1.23. The molecule has 1 unspecified atom stereocenters. The fraction of sp³-hybridized carbons (Fsp3) is 0.429. The molecule has 0 aliphatic heterocycles. The Kier molecular flexibility index (Phi) is 4.92. The van der Waals surface area contributed by atoms with Gasteiger partial charge in [0.05, 0.1) is 6.61 Å². The molecule has 2 heterocycles. The van der Waals surface area contributed by atoms with Crippen LogP contribution in [0.5, 0.6) is 0 Å². The van der Waals surface area contributed by atoms with Gasteiger partial charge in [-0.05, 0) is 25.0 Å². The number of anilines is 1. The number of nitrogens with one attached hydrogen (secondary N) is 1. The predicted molar refractivity (Wildman–Crippen MR) is 75.1 cm³/mol. The normalized spacial score (nSPS) is 12.3. The van der Waals surface area contributed by atoms with Crippen LogP contribution in [0.2, 0.25) is 0 Å². The number of methoxy groups -OCH3 is 1. The molecular weight excluding hydrogens is 240 g/mol. The summed E-state index contributed by atoms with van der Waals surface area (Å²) < 4.78 is 7.22. The van der Waals surface area contributed by atoms with Crippen LogP contribution in [0.3, 0.4) is 0 Å². The van der Waals surface area contributed by atoms with Crippen LogP contribution in [0.15, 0.2) is 36.9 Å². The van der Waals surface area contributed by atoms with Crippen LogP contribution in [0.1, 0.15) is 12.5 Å². The van der Waals surface area contributed by atoms with E-state index in [-0.39, 0.29) is 6.04 Å². The Morgan fingerprint density at radius 1 is 1.42 bits per heavy atom. The Morgan fingerprint density at radius 2 is 2.32 bits per heavy atom. The molecule has 1 N–H and O–H groups in total. The number of hydrogen-bond donors (Lipinski definition) is 1. The summed E-state index contributed by atoms with van der Waals surface area (Å²) in [5.74, 6) is 0.883. The molecule has 2 aromatic heterocycles. The lowest BCUT2D eigenvalue weighted by molar-refractivity contribution is 0.190. The van der Waals surface area contributed by atoms with Crippen molar-refractivity contribution in [1.82, 2.24) is 14.5 Å². The van der Waals surface area contributed by atoms with Gasteiger partial charge in [0.2, 0.25) is 5.95 Å². The highest BCUT2D eigenvalue weighted by Gasteiger charge is 2.06. The number of imidazole rings is 1. The maximum atomic E-state index is 5.11. The Morgan fingerprint density at radius 3 is 3.05 bits per heavy atom. The SMILES string of the molecule is COCC(C)Nc1nccn1CCc1cccnc1. The van der Waals surface area contributed by atoms with Crippen LogP contribution in [0.4, 0.5) is 5.95 Å². The van der Waals surface area contributed by atoms with Gasteiger partial charge in [-0.1, -0.05) is 6.07 Å². The van der Waals surface area contributed by atoms with E-state index in [4.69, 9.17) is 4.74 Å². The second kappa shape index (κ2) is 6.89. The van der Waals surface area contributed by atoms with Crippen molar-refractivity contribution in [2.24, 2.45) is 0 Å². The zero-order valence-corrected chi connectivity index (χ0v) is 11.4. The third-order valence-electron chi connectivity index (χ3n) is 2.87. The van der Waals surface area contributed by atoms with Crippen LogP contribution < -0.4 is 5.32 Å². The lowest BCUT2D eigenvalue weighted by Gasteiger charge is -2.15. The average molecular weight is 260 g/mol. The van der Waals surface area contributed by atoms with E-state index in [9.17, 15) is 0 Å². The van der Waals surface area contributed by atoms with Gasteiger partial charge in [0, 0.05) is 44.5 Å². The third kappa shape index (κ3) is 4.06. The van der Waals surface area contributed by atoms with Crippen LogP contribution in [-0.2, 0) is 17.7 Å². The van der Waals surface area contributed by atoms with Crippen molar-refractivity contribution >= 4 is 5.95 Å². The molecule has 0 saturated carbocycles. The molecule has 5 heteroatoms. The van der Waals surface area contributed by atoms with E-state index in [1.807, 2.05) is 24.7 Å². The molecule has 102 valence electrons. The summed E-state index contributed by atoms with van der Waals surface area (Å²) in [5, 5.41) is 3.34. The molecule has 0 aliphatic carbocycles. The van der Waals surface area contributed by atoms with E-state index in [1.165, 1.54) is 5.56 Å². The molecule has 2 rings (SSSR count). The molecule has 0 aliphatic rings. The highest BCUT2D eigenvalue weighted by atomic mass is 16.5. The van der Waals surface area contributed by atoms with Gasteiger partial charge >= 0.3 is 0 Å². The van der Waals surface area contributed by atoms with E-state index in [2.05, 4.69) is 32.8 Å². The first kappa shape index (κ1) is 13.5. The van der Waals surface area contributed by atoms with Crippen molar-refractivity contribution in [2.45, 2.75) is 25.9 Å². The van der Waals surface area contributed by atoms with Gasteiger partial charge < -0.3 is 14.6 Å². The molecule has 0 amide bonds. The number of hydrogen-bond acceptors (Lipinski definition) is 4. The Balaban J connectivity index is 1.92. The molecule has 0 aromatic carbocycles. The number of rotatable bonds is 7. The minimum Gasteiger partial charge on any atom is -0.383 e. The van der Waals surface area contributed by atoms with Gasteiger partial charge in [-0.15, -0.1) is 0 Å². The molecule has 2 aromatic rings. The van der Waals surface area contributed by atoms with Crippen molar-refractivity contribution in [2.75, 3.05) is 19.0 Å². The van der Waals surface area contributed by atoms with Gasteiger partial charge in [0.25, 0.3) is 0 Å². The van der Waals surface area contributed by atoms with Crippen molar-refractivity contribution in [3.63, 3.8) is 0 Å². The standard InChI is InChI=1S/C14H20N4O/c1-12(11-19-2)17-14-16-7-9-18(14)8-5-13-4-3-6-15-10-13/h3-4,6-7,9-10,12H,5,8,11H2,1-2H3,(H,16,17). The lowest BCUT2D eigenvalue weighted by Crippen LogP contribution is -2.23. The highest BCUT2D eigenvalue weighted by Crippen LogP contribution is 2.08. The van der Waals surface area contributed by atoms with Crippen molar-refractivity contribution in [3.05, 3.63) is 42.5 Å². The summed E-state index contributed by atoms with van der Waals surface area (Å²) in [4.78, 5) is 8.45. The maximum Gasteiger partial charge on any atom is 0.203 e. The number of aryl methyl sites for hydroxylation is 2.